The second-order valence-corrected chi connectivity index (χ2v) is 8.98. The molecule has 0 bridgehead atoms. The molecule has 1 aliphatic carbocycles. The highest BCUT2D eigenvalue weighted by Gasteiger charge is 2.36. The first kappa shape index (κ1) is 20.0. The number of carbonyl (C=O) groups excluding carboxylic acids is 2. The Morgan fingerprint density at radius 3 is 2.52 bits per heavy atom. The van der Waals surface area contributed by atoms with E-state index in [-0.39, 0.29) is 17.9 Å². The molecule has 0 spiro atoms. The summed E-state index contributed by atoms with van der Waals surface area (Å²) in [4.78, 5) is 28.0. The molecule has 1 heterocycles. The third kappa shape index (κ3) is 4.84. The van der Waals surface area contributed by atoms with Crippen LogP contribution >= 0.6 is 11.8 Å². The second kappa shape index (κ2) is 9.49. The maximum Gasteiger partial charge on any atom is 0.255 e. The highest BCUT2D eigenvalue weighted by atomic mass is 32.2. The zero-order chi connectivity index (χ0) is 20.1. The number of nitrogens with one attached hydrogen (secondary N) is 1. The standard InChI is InChI=1S/C24H28N2O2S/c27-23(25-20-12-5-2-6-13-20)22(17-29-16-18-9-3-1-4-10-18)26-15-19-11-7-8-14-21(19)24(26)28/h1,3-4,7-11,14,20,22H,2,5-6,12-13,15-17H2,(H,25,27)/t22-/m0/s1. The van der Waals surface area contributed by atoms with Gasteiger partial charge in [0, 0.05) is 29.7 Å². The summed E-state index contributed by atoms with van der Waals surface area (Å²) < 4.78 is 0. The molecule has 29 heavy (non-hydrogen) atoms. The summed E-state index contributed by atoms with van der Waals surface area (Å²) in [6, 6.07) is 17.8. The van der Waals surface area contributed by atoms with Gasteiger partial charge in [0.15, 0.2) is 0 Å². The average Bonchev–Trinajstić information content (AvgIpc) is 3.09. The predicted octanol–water partition coefficient (Wildman–Crippen LogP) is 4.39. The van der Waals surface area contributed by atoms with E-state index in [1.54, 1.807) is 16.7 Å². The molecule has 0 aromatic heterocycles. The fraction of sp³-hybridized carbons (Fsp3) is 0.417. The zero-order valence-electron chi connectivity index (χ0n) is 16.7. The minimum Gasteiger partial charge on any atom is -0.352 e. The summed E-state index contributed by atoms with van der Waals surface area (Å²) in [5.41, 5.74) is 2.98. The average molecular weight is 409 g/mol. The van der Waals surface area contributed by atoms with Crippen molar-refractivity contribution in [3.8, 4) is 0 Å². The lowest BCUT2D eigenvalue weighted by molar-refractivity contribution is -0.125. The van der Waals surface area contributed by atoms with E-state index in [4.69, 9.17) is 0 Å². The van der Waals surface area contributed by atoms with E-state index in [1.807, 2.05) is 42.5 Å². The van der Waals surface area contributed by atoms with Crippen LogP contribution < -0.4 is 5.32 Å². The minimum absolute atomic E-state index is 0.00128. The van der Waals surface area contributed by atoms with Gasteiger partial charge in [-0.3, -0.25) is 9.59 Å². The number of nitrogens with zero attached hydrogens (tertiary/aromatic N) is 1. The van der Waals surface area contributed by atoms with Gasteiger partial charge in [0.1, 0.15) is 6.04 Å². The molecule has 1 saturated carbocycles. The Morgan fingerprint density at radius 2 is 1.76 bits per heavy atom. The lowest BCUT2D eigenvalue weighted by Gasteiger charge is -2.30. The van der Waals surface area contributed by atoms with Crippen molar-refractivity contribution in [2.75, 3.05) is 5.75 Å². The Bertz CT molecular complexity index is 849. The number of benzene rings is 2. The third-order valence-corrected chi connectivity index (χ3v) is 6.96. The lowest BCUT2D eigenvalue weighted by atomic mass is 9.95. The molecule has 2 amide bonds. The quantitative estimate of drug-likeness (QED) is 0.739. The van der Waals surface area contributed by atoms with E-state index in [2.05, 4.69) is 17.4 Å². The van der Waals surface area contributed by atoms with Crippen LogP contribution in [0, 0.1) is 0 Å². The van der Waals surface area contributed by atoms with Gasteiger partial charge in [-0.05, 0) is 30.0 Å². The maximum atomic E-state index is 13.2. The summed E-state index contributed by atoms with van der Waals surface area (Å²) in [6.07, 6.45) is 5.69. The van der Waals surface area contributed by atoms with Gasteiger partial charge in [-0.1, -0.05) is 67.8 Å². The van der Waals surface area contributed by atoms with Crippen molar-refractivity contribution in [3.05, 3.63) is 71.3 Å². The van der Waals surface area contributed by atoms with E-state index in [0.717, 1.165) is 29.7 Å². The van der Waals surface area contributed by atoms with E-state index >= 15 is 0 Å². The van der Waals surface area contributed by atoms with Crippen molar-refractivity contribution in [1.82, 2.24) is 10.2 Å². The first-order valence-electron chi connectivity index (χ1n) is 10.5. The van der Waals surface area contributed by atoms with Crippen molar-refractivity contribution in [3.63, 3.8) is 0 Å². The number of carbonyl (C=O) groups is 2. The molecule has 2 aliphatic rings. The van der Waals surface area contributed by atoms with Crippen molar-refractivity contribution in [2.45, 2.75) is 56.5 Å². The molecule has 0 radical (unpaired) electrons. The smallest absolute Gasteiger partial charge is 0.255 e. The first-order valence-corrected chi connectivity index (χ1v) is 11.7. The molecular formula is C24H28N2O2S. The van der Waals surface area contributed by atoms with Crippen LogP contribution in [0.1, 0.15) is 53.6 Å². The molecule has 0 unspecified atom stereocenters. The molecule has 5 heteroatoms. The van der Waals surface area contributed by atoms with Crippen LogP contribution in [0.3, 0.4) is 0 Å². The number of amides is 2. The molecule has 1 N–H and O–H groups in total. The molecular weight excluding hydrogens is 380 g/mol. The molecule has 2 aromatic rings. The van der Waals surface area contributed by atoms with Gasteiger partial charge in [0.05, 0.1) is 0 Å². The van der Waals surface area contributed by atoms with Crippen molar-refractivity contribution in [1.29, 1.82) is 0 Å². The van der Waals surface area contributed by atoms with Crippen LogP contribution in [-0.4, -0.2) is 34.6 Å². The molecule has 1 fully saturated rings. The highest BCUT2D eigenvalue weighted by molar-refractivity contribution is 7.98. The Kier molecular flexibility index (Phi) is 6.55. The largest absolute Gasteiger partial charge is 0.352 e. The number of fused-ring (bicyclic) bond motifs is 1. The van der Waals surface area contributed by atoms with E-state index in [1.165, 1.54) is 24.8 Å². The summed E-state index contributed by atoms with van der Waals surface area (Å²) in [5.74, 6) is 1.42. The normalized spacial score (nSPS) is 17.8. The van der Waals surface area contributed by atoms with Crippen LogP contribution in [-0.2, 0) is 17.1 Å². The number of hydrogen-bond acceptors (Lipinski definition) is 3. The number of rotatable bonds is 7. The van der Waals surface area contributed by atoms with Crippen LogP contribution in [0.2, 0.25) is 0 Å². The third-order valence-electron chi connectivity index (χ3n) is 5.87. The van der Waals surface area contributed by atoms with Gasteiger partial charge in [-0.2, -0.15) is 11.8 Å². The summed E-state index contributed by atoms with van der Waals surface area (Å²) in [7, 11) is 0. The first-order chi connectivity index (χ1) is 14.2. The van der Waals surface area contributed by atoms with Gasteiger partial charge in [0.2, 0.25) is 5.91 Å². The minimum atomic E-state index is -0.439. The van der Waals surface area contributed by atoms with Gasteiger partial charge >= 0.3 is 0 Å². The van der Waals surface area contributed by atoms with Gasteiger partial charge in [0.25, 0.3) is 5.91 Å². The lowest BCUT2D eigenvalue weighted by Crippen LogP contribution is -2.51. The highest BCUT2D eigenvalue weighted by Crippen LogP contribution is 2.27. The van der Waals surface area contributed by atoms with E-state index in [9.17, 15) is 9.59 Å². The van der Waals surface area contributed by atoms with Crippen LogP contribution in [0.5, 0.6) is 0 Å². The zero-order valence-corrected chi connectivity index (χ0v) is 17.5. The van der Waals surface area contributed by atoms with E-state index < -0.39 is 6.04 Å². The Hall–Kier alpha value is -2.27. The van der Waals surface area contributed by atoms with Gasteiger partial charge in [-0.25, -0.2) is 0 Å². The molecule has 1 atom stereocenters. The maximum absolute atomic E-state index is 13.2. The Balaban J connectivity index is 1.46. The predicted molar refractivity (Wildman–Crippen MR) is 118 cm³/mol. The summed E-state index contributed by atoms with van der Waals surface area (Å²) >= 11 is 1.72. The topological polar surface area (TPSA) is 49.4 Å². The number of hydrogen-bond donors (Lipinski definition) is 1. The molecule has 2 aromatic carbocycles. The monoisotopic (exact) mass is 408 g/mol. The van der Waals surface area contributed by atoms with Crippen molar-refractivity contribution in [2.24, 2.45) is 0 Å². The summed E-state index contributed by atoms with van der Waals surface area (Å²) in [5, 5.41) is 3.25. The van der Waals surface area contributed by atoms with E-state index in [0.29, 0.717) is 12.3 Å². The Morgan fingerprint density at radius 1 is 1.03 bits per heavy atom. The molecule has 1 aliphatic heterocycles. The van der Waals surface area contributed by atoms with Gasteiger partial charge in [-0.15, -0.1) is 0 Å². The Labute approximate surface area is 177 Å². The fourth-order valence-corrected chi connectivity index (χ4v) is 5.34. The molecule has 152 valence electrons. The summed E-state index contributed by atoms with van der Waals surface area (Å²) in [6.45, 7) is 0.518. The van der Waals surface area contributed by atoms with Crippen LogP contribution in [0.15, 0.2) is 54.6 Å². The second-order valence-electron chi connectivity index (χ2n) is 7.95. The molecule has 4 rings (SSSR count). The fourth-order valence-electron chi connectivity index (χ4n) is 4.24. The van der Waals surface area contributed by atoms with Crippen LogP contribution in [0.25, 0.3) is 0 Å². The number of thioether (sulfide) groups is 1. The SMILES string of the molecule is O=C(NC1CCCCC1)[C@H](CSCc1ccccc1)N1Cc2ccccc2C1=O. The van der Waals surface area contributed by atoms with Crippen LogP contribution in [0.4, 0.5) is 0 Å². The molecule has 4 nitrogen and oxygen atoms in total. The van der Waals surface area contributed by atoms with Crippen molar-refractivity contribution < 1.29 is 9.59 Å². The molecule has 0 saturated heterocycles. The van der Waals surface area contributed by atoms with Crippen molar-refractivity contribution >= 4 is 23.6 Å². The van der Waals surface area contributed by atoms with Gasteiger partial charge < -0.3 is 10.2 Å².